The second-order valence-electron chi connectivity index (χ2n) is 9.31. The van der Waals surface area contributed by atoms with Crippen molar-refractivity contribution in [2.75, 3.05) is 6.61 Å². The molecule has 0 unspecified atom stereocenters. The van der Waals surface area contributed by atoms with Gasteiger partial charge in [0.25, 0.3) is 0 Å². The molecule has 4 aromatic rings. The molecule has 4 nitrogen and oxygen atoms in total. The number of carbonyl (C=O) groups is 1. The maximum atomic E-state index is 12.6. The van der Waals surface area contributed by atoms with E-state index < -0.39 is 5.97 Å². The zero-order valence-corrected chi connectivity index (χ0v) is 19.1. The molecule has 1 aromatic heterocycles. The van der Waals surface area contributed by atoms with Gasteiger partial charge in [0.05, 0.1) is 6.61 Å². The van der Waals surface area contributed by atoms with Gasteiger partial charge in [0.2, 0.25) is 0 Å². The number of hydrogen-bond acceptors (Lipinski definition) is 2. The van der Waals surface area contributed by atoms with E-state index in [1.807, 2.05) is 65.2 Å². The Labute approximate surface area is 194 Å². The van der Waals surface area contributed by atoms with Crippen molar-refractivity contribution < 1.29 is 14.6 Å². The number of aromatic nitrogens is 1. The average molecular weight is 440 g/mol. The molecule has 5 rings (SSSR count). The number of rotatable bonds is 8. The Morgan fingerprint density at radius 2 is 1.82 bits per heavy atom. The van der Waals surface area contributed by atoms with Crippen molar-refractivity contribution in [3.8, 4) is 16.9 Å². The lowest BCUT2D eigenvalue weighted by atomic mass is 9.96. The standard InChI is InChI=1S/C29H29NO3/c1-19(2)22-8-6-9-23(16-22)27-25-11-3-4-12-26(25)30(28(27)29(31)32)17-21-7-5-10-24(15-21)33-18-20-13-14-20/h3-12,15-16,19-20H,13-14,17-18H2,1-2H3,(H,31,32). The zero-order chi connectivity index (χ0) is 22.9. The predicted molar refractivity (Wildman–Crippen MR) is 132 cm³/mol. The van der Waals surface area contributed by atoms with E-state index in [-0.39, 0.29) is 0 Å². The Morgan fingerprint density at radius 1 is 1.03 bits per heavy atom. The lowest BCUT2D eigenvalue weighted by Crippen LogP contribution is -2.11. The molecule has 0 spiro atoms. The molecule has 168 valence electrons. The van der Waals surface area contributed by atoms with Gasteiger partial charge in [0, 0.05) is 23.0 Å². The van der Waals surface area contributed by atoms with Gasteiger partial charge in [0.1, 0.15) is 11.4 Å². The molecule has 1 aliphatic rings. The number of ether oxygens (including phenoxy) is 1. The minimum absolute atomic E-state index is 0.321. The fraction of sp³-hybridized carbons (Fsp3) is 0.276. The molecular formula is C29H29NO3. The summed E-state index contributed by atoms with van der Waals surface area (Å²) >= 11 is 0. The van der Waals surface area contributed by atoms with E-state index in [1.54, 1.807) is 0 Å². The first-order valence-corrected chi connectivity index (χ1v) is 11.7. The van der Waals surface area contributed by atoms with Crippen molar-refractivity contribution in [1.29, 1.82) is 0 Å². The predicted octanol–water partition coefficient (Wildman–Crippen LogP) is 6.97. The van der Waals surface area contributed by atoms with Crippen LogP contribution in [0.2, 0.25) is 0 Å². The van der Waals surface area contributed by atoms with E-state index in [1.165, 1.54) is 18.4 Å². The van der Waals surface area contributed by atoms with Gasteiger partial charge in [-0.25, -0.2) is 4.79 Å². The van der Waals surface area contributed by atoms with Gasteiger partial charge >= 0.3 is 5.97 Å². The third kappa shape index (κ3) is 4.38. The number of carboxylic acids is 1. The number of benzene rings is 3. The summed E-state index contributed by atoms with van der Waals surface area (Å²) in [6.45, 7) is 5.52. The Hall–Kier alpha value is -3.53. The van der Waals surface area contributed by atoms with Crippen LogP contribution in [-0.4, -0.2) is 22.2 Å². The van der Waals surface area contributed by atoms with Gasteiger partial charge < -0.3 is 14.4 Å². The van der Waals surface area contributed by atoms with Crippen LogP contribution in [0.1, 0.15) is 54.2 Å². The van der Waals surface area contributed by atoms with Crippen molar-refractivity contribution in [3.05, 3.63) is 89.6 Å². The van der Waals surface area contributed by atoms with E-state index in [9.17, 15) is 9.90 Å². The number of para-hydroxylation sites is 1. The van der Waals surface area contributed by atoms with Gasteiger partial charge in [-0.2, -0.15) is 0 Å². The molecule has 1 aliphatic carbocycles. The molecule has 33 heavy (non-hydrogen) atoms. The number of hydrogen-bond donors (Lipinski definition) is 1. The van der Waals surface area contributed by atoms with Crippen LogP contribution >= 0.6 is 0 Å². The van der Waals surface area contributed by atoms with Crippen molar-refractivity contribution in [3.63, 3.8) is 0 Å². The third-order valence-corrected chi connectivity index (χ3v) is 6.44. The van der Waals surface area contributed by atoms with E-state index in [2.05, 4.69) is 26.0 Å². The molecule has 1 fully saturated rings. The molecule has 1 saturated carbocycles. The van der Waals surface area contributed by atoms with Crippen LogP contribution in [0.25, 0.3) is 22.0 Å². The summed E-state index contributed by atoms with van der Waals surface area (Å²) in [6.07, 6.45) is 2.50. The minimum Gasteiger partial charge on any atom is -0.493 e. The van der Waals surface area contributed by atoms with Gasteiger partial charge in [-0.3, -0.25) is 0 Å². The summed E-state index contributed by atoms with van der Waals surface area (Å²) in [7, 11) is 0. The topological polar surface area (TPSA) is 51.5 Å². The highest BCUT2D eigenvalue weighted by atomic mass is 16.5. The largest absolute Gasteiger partial charge is 0.493 e. The van der Waals surface area contributed by atoms with Crippen LogP contribution in [-0.2, 0) is 6.54 Å². The van der Waals surface area contributed by atoms with Crippen molar-refractivity contribution >= 4 is 16.9 Å². The van der Waals surface area contributed by atoms with Gasteiger partial charge in [0.15, 0.2) is 0 Å². The highest BCUT2D eigenvalue weighted by molar-refractivity contribution is 6.08. The Bertz CT molecular complexity index is 1310. The number of fused-ring (bicyclic) bond motifs is 1. The van der Waals surface area contributed by atoms with Crippen LogP contribution < -0.4 is 4.74 Å². The highest BCUT2D eigenvalue weighted by Crippen LogP contribution is 2.37. The summed E-state index contributed by atoms with van der Waals surface area (Å²) in [5.41, 5.74) is 5.18. The Kier molecular flexibility index (Phi) is 5.67. The highest BCUT2D eigenvalue weighted by Gasteiger charge is 2.24. The maximum Gasteiger partial charge on any atom is 0.353 e. The first-order chi connectivity index (χ1) is 16.0. The summed E-state index contributed by atoms with van der Waals surface area (Å²) in [4.78, 5) is 12.6. The van der Waals surface area contributed by atoms with Crippen LogP contribution in [0.5, 0.6) is 5.75 Å². The van der Waals surface area contributed by atoms with Crippen LogP contribution in [0.4, 0.5) is 0 Å². The molecule has 1 N–H and O–H groups in total. The van der Waals surface area contributed by atoms with Gasteiger partial charge in [-0.05, 0) is 59.6 Å². The van der Waals surface area contributed by atoms with Crippen molar-refractivity contribution in [1.82, 2.24) is 4.57 Å². The number of nitrogens with zero attached hydrogens (tertiary/aromatic N) is 1. The molecular weight excluding hydrogens is 410 g/mol. The molecule has 0 saturated heterocycles. The van der Waals surface area contributed by atoms with Crippen LogP contribution in [0.3, 0.4) is 0 Å². The maximum absolute atomic E-state index is 12.6. The van der Waals surface area contributed by atoms with Crippen LogP contribution in [0, 0.1) is 5.92 Å². The van der Waals surface area contributed by atoms with Gasteiger partial charge in [-0.1, -0.05) is 68.4 Å². The molecule has 3 aromatic carbocycles. The van der Waals surface area contributed by atoms with E-state index in [4.69, 9.17) is 4.74 Å². The van der Waals surface area contributed by atoms with Crippen LogP contribution in [0.15, 0.2) is 72.8 Å². The average Bonchev–Trinajstić information content (AvgIpc) is 3.59. The number of carboxylic acid groups (broad SMARTS) is 1. The van der Waals surface area contributed by atoms with Crippen molar-refractivity contribution in [2.45, 2.75) is 39.2 Å². The molecule has 0 bridgehead atoms. The lowest BCUT2D eigenvalue weighted by molar-refractivity contribution is 0.0687. The monoisotopic (exact) mass is 439 g/mol. The minimum atomic E-state index is -0.919. The Balaban J connectivity index is 1.61. The summed E-state index contributed by atoms with van der Waals surface area (Å²) in [5.74, 6) is 0.977. The van der Waals surface area contributed by atoms with E-state index in [0.717, 1.165) is 39.9 Å². The smallest absolute Gasteiger partial charge is 0.353 e. The molecule has 0 amide bonds. The molecule has 4 heteroatoms. The van der Waals surface area contributed by atoms with Crippen molar-refractivity contribution in [2.24, 2.45) is 5.92 Å². The fourth-order valence-corrected chi connectivity index (χ4v) is 4.45. The normalized spacial score (nSPS) is 13.5. The molecule has 0 radical (unpaired) electrons. The molecule has 1 heterocycles. The third-order valence-electron chi connectivity index (χ3n) is 6.44. The first-order valence-electron chi connectivity index (χ1n) is 11.7. The zero-order valence-electron chi connectivity index (χ0n) is 19.1. The number of aromatic carboxylic acids is 1. The summed E-state index contributed by atoms with van der Waals surface area (Å²) in [6, 6.07) is 24.2. The summed E-state index contributed by atoms with van der Waals surface area (Å²) < 4.78 is 7.88. The van der Waals surface area contributed by atoms with E-state index >= 15 is 0 Å². The van der Waals surface area contributed by atoms with E-state index in [0.29, 0.717) is 24.1 Å². The first kappa shape index (κ1) is 21.3. The fourth-order valence-electron chi connectivity index (χ4n) is 4.45. The lowest BCUT2D eigenvalue weighted by Gasteiger charge is -2.12. The second-order valence-corrected chi connectivity index (χ2v) is 9.31. The quantitative estimate of drug-likeness (QED) is 0.323. The second kappa shape index (κ2) is 8.78. The Morgan fingerprint density at radius 3 is 2.58 bits per heavy atom. The van der Waals surface area contributed by atoms with Gasteiger partial charge in [-0.15, -0.1) is 0 Å². The molecule has 0 aliphatic heterocycles. The SMILES string of the molecule is CC(C)c1cccc(-c2c(C(=O)O)n(Cc3cccc(OCC4CC4)c3)c3ccccc23)c1. The summed E-state index contributed by atoms with van der Waals surface area (Å²) in [5, 5.41) is 11.3. The molecule has 0 atom stereocenters.